The summed E-state index contributed by atoms with van der Waals surface area (Å²) in [5, 5.41) is 23.1. The molecular weight excluding hydrogens is 555 g/mol. The average Bonchev–Trinajstić information content (AvgIpc) is 2.83. The van der Waals surface area contributed by atoms with E-state index >= 15 is 0 Å². The fourth-order valence-electron chi connectivity index (χ4n) is 3.19. The van der Waals surface area contributed by atoms with Gasteiger partial charge in [-0.15, -0.1) is 11.8 Å². The van der Waals surface area contributed by atoms with Gasteiger partial charge in [-0.1, -0.05) is 28.9 Å². The van der Waals surface area contributed by atoms with Crippen molar-refractivity contribution in [1.82, 2.24) is 0 Å². The number of aromatic carboxylic acids is 2. The van der Waals surface area contributed by atoms with Crippen LogP contribution in [0.1, 0.15) is 44.4 Å². The van der Waals surface area contributed by atoms with E-state index in [-0.39, 0.29) is 22.7 Å². The number of anilines is 2. The van der Waals surface area contributed by atoms with Gasteiger partial charge in [-0.05, 0) is 61.0 Å². The summed E-state index contributed by atoms with van der Waals surface area (Å²) < 4.78 is 14.6. The first-order chi connectivity index (χ1) is 17.1. The molecule has 0 saturated heterocycles. The molecule has 0 radical (unpaired) electrons. The second-order valence-electron chi connectivity index (χ2n) is 7.48. The van der Waals surface area contributed by atoms with Gasteiger partial charge < -0.3 is 20.8 Å². The lowest BCUT2D eigenvalue weighted by Gasteiger charge is -2.16. The summed E-state index contributed by atoms with van der Waals surface area (Å²) in [5.74, 6) is -4.44. The zero-order valence-corrected chi connectivity index (χ0v) is 21.2. The van der Waals surface area contributed by atoms with Gasteiger partial charge in [-0.3, -0.25) is 9.59 Å². The lowest BCUT2D eigenvalue weighted by Crippen LogP contribution is -2.25. The van der Waals surface area contributed by atoms with Crippen LogP contribution < -0.4 is 10.6 Å². The van der Waals surface area contributed by atoms with Crippen LogP contribution in [0.4, 0.5) is 15.8 Å². The summed E-state index contributed by atoms with van der Waals surface area (Å²) >= 11 is 4.39. The number of amides is 2. The Morgan fingerprint density at radius 1 is 0.944 bits per heavy atom. The number of hydrogen-bond acceptors (Lipinski definition) is 5. The second kappa shape index (κ2) is 11.8. The van der Waals surface area contributed by atoms with E-state index in [2.05, 4.69) is 26.6 Å². The standard InChI is InChI=1S/C25H20BrFN2O6S/c1-2-21(23(31)29-20-9-7-14(26)11-19(20)27)36-16-5-3-4-15(12-16)28-22(30)17-8-6-13(24(32)33)10-18(17)25(34)35/h3-12,21H,2H2,1H3,(H,28,30)(H,29,31)(H,32,33)(H,34,35). The second-order valence-corrected chi connectivity index (χ2v) is 9.67. The smallest absolute Gasteiger partial charge is 0.336 e. The van der Waals surface area contributed by atoms with Crippen molar-refractivity contribution < 1.29 is 33.8 Å². The monoisotopic (exact) mass is 574 g/mol. The molecule has 0 aliphatic carbocycles. The van der Waals surface area contributed by atoms with Crippen LogP contribution in [0.5, 0.6) is 0 Å². The number of hydrogen-bond donors (Lipinski definition) is 4. The number of carbonyl (C=O) groups is 4. The topological polar surface area (TPSA) is 133 Å². The summed E-state index contributed by atoms with van der Waals surface area (Å²) in [5.41, 5.74) is -0.493. The maximum Gasteiger partial charge on any atom is 0.336 e. The molecule has 0 aromatic heterocycles. The van der Waals surface area contributed by atoms with Gasteiger partial charge in [0.2, 0.25) is 5.91 Å². The van der Waals surface area contributed by atoms with E-state index in [0.29, 0.717) is 21.5 Å². The molecule has 2 amide bonds. The van der Waals surface area contributed by atoms with Crippen LogP contribution >= 0.6 is 27.7 Å². The van der Waals surface area contributed by atoms with E-state index in [9.17, 15) is 28.7 Å². The van der Waals surface area contributed by atoms with Crippen molar-refractivity contribution in [3.05, 3.63) is 87.6 Å². The third-order valence-electron chi connectivity index (χ3n) is 4.96. The average molecular weight is 575 g/mol. The molecule has 3 aromatic carbocycles. The highest BCUT2D eigenvalue weighted by Gasteiger charge is 2.21. The van der Waals surface area contributed by atoms with Crippen LogP contribution in [0.15, 0.2) is 70.0 Å². The summed E-state index contributed by atoms with van der Waals surface area (Å²) in [6.07, 6.45) is 0.448. The minimum Gasteiger partial charge on any atom is -0.478 e. The fraction of sp³-hybridized carbons (Fsp3) is 0.120. The predicted molar refractivity (Wildman–Crippen MR) is 137 cm³/mol. The Labute approximate surface area is 218 Å². The first-order valence-corrected chi connectivity index (χ1v) is 12.2. The Morgan fingerprint density at radius 3 is 2.33 bits per heavy atom. The van der Waals surface area contributed by atoms with Crippen molar-refractivity contribution in [3.63, 3.8) is 0 Å². The van der Waals surface area contributed by atoms with Gasteiger partial charge >= 0.3 is 11.9 Å². The van der Waals surface area contributed by atoms with Crippen LogP contribution in [0, 0.1) is 5.82 Å². The lowest BCUT2D eigenvalue weighted by atomic mass is 10.0. The number of nitrogens with one attached hydrogen (secondary N) is 2. The molecule has 0 aliphatic rings. The van der Waals surface area contributed by atoms with E-state index in [4.69, 9.17) is 5.11 Å². The first kappa shape index (κ1) is 26.9. The predicted octanol–water partition coefficient (Wildman–Crippen LogP) is 5.75. The number of thioether (sulfide) groups is 1. The highest BCUT2D eigenvalue weighted by Crippen LogP contribution is 2.29. The van der Waals surface area contributed by atoms with E-state index in [1.807, 2.05) is 6.92 Å². The Hall–Kier alpha value is -3.70. The molecule has 3 rings (SSSR count). The number of halogens is 2. The van der Waals surface area contributed by atoms with E-state index in [1.54, 1.807) is 30.3 Å². The van der Waals surface area contributed by atoms with E-state index in [0.717, 1.165) is 18.2 Å². The molecular formula is C25H20BrFN2O6S. The maximum atomic E-state index is 14.1. The Kier molecular flexibility index (Phi) is 8.83. The van der Waals surface area contributed by atoms with Crippen LogP contribution in [-0.2, 0) is 4.79 Å². The lowest BCUT2D eigenvalue weighted by molar-refractivity contribution is -0.115. The quantitative estimate of drug-likeness (QED) is 0.239. The molecule has 0 bridgehead atoms. The van der Waals surface area contributed by atoms with Crippen molar-refractivity contribution in [2.75, 3.05) is 10.6 Å². The Bertz CT molecular complexity index is 1350. The van der Waals surface area contributed by atoms with Crippen molar-refractivity contribution in [1.29, 1.82) is 0 Å². The summed E-state index contributed by atoms with van der Waals surface area (Å²) in [4.78, 5) is 48.8. The Morgan fingerprint density at radius 2 is 1.69 bits per heavy atom. The van der Waals surface area contributed by atoms with Crippen molar-refractivity contribution in [2.45, 2.75) is 23.5 Å². The largest absolute Gasteiger partial charge is 0.478 e. The number of benzene rings is 3. The highest BCUT2D eigenvalue weighted by atomic mass is 79.9. The molecule has 0 heterocycles. The van der Waals surface area contributed by atoms with Crippen molar-refractivity contribution in [3.8, 4) is 0 Å². The van der Waals surface area contributed by atoms with Gasteiger partial charge in [0.1, 0.15) is 5.82 Å². The van der Waals surface area contributed by atoms with Gasteiger partial charge in [0.15, 0.2) is 0 Å². The molecule has 1 unspecified atom stereocenters. The minimum absolute atomic E-state index is 0.0615. The van der Waals surface area contributed by atoms with Gasteiger partial charge in [0.25, 0.3) is 5.91 Å². The SMILES string of the molecule is CCC(Sc1cccc(NC(=O)c2ccc(C(=O)O)cc2C(=O)O)c1)C(=O)Nc1ccc(Br)cc1F. The maximum absolute atomic E-state index is 14.1. The molecule has 1 atom stereocenters. The molecule has 186 valence electrons. The van der Waals surface area contributed by atoms with Crippen LogP contribution in [0.25, 0.3) is 0 Å². The van der Waals surface area contributed by atoms with Gasteiger partial charge in [0, 0.05) is 15.1 Å². The van der Waals surface area contributed by atoms with Crippen LogP contribution in [0.2, 0.25) is 0 Å². The third-order valence-corrected chi connectivity index (χ3v) is 6.82. The molecule has 36 heavy (non-hydrogen) atoms. The number of carbonyl (C=O) groups excluding carboxylic acids is 2. The summed E-state index contributed by atoms with van der Waals surface area (Å²) in [6.45, 7) is 1.81. The van der Waals surface area contributed by atoms with E-state index in [1.165, 1.54) is 23.9 Å². The molecule has 4 N–H and O–H groups in total. The van der Waals surface area contributed by atoms with Crippen LogP contribution in [-0.4, -0.2) is 39.2 Å². The number of carboxylic acid groups (broad SMARTS) is 2. The van der Waals surface area contributed by atoms with Crippen molar-refractivity contribution >= 4 is 62.8 Å². The zero-order chi connectivity index (χ0) is 26.4. The Balaban J connectivity index is 1.74. The van der Waals surface area contributed by atoms with Gasteiger partial charge in [-0.2, -0.15) is 0 Å². The first-order valence-electron chi connectivity index (χ1n) is 10.5. The molecule has 8 nitrogen and oxygen atoms in total. The number of rotatable bonds is 9. The molecule has 11 heteroatoms. The fourth-order valence-corrected chi connectivity index (χ4v) is 4.53. The van der Waals surface area contributed by atoms with Gasteiger partial charge in [0.05, 0.1) is 27.6 Å². The van der Waals surface area contributed by atoms with Crippen LogP contribution in [0.3, 0.4) is 0 Å². The summed E-state index contributed by atoms with van der Waals surface area (Å²) in [7, 11) is 0. The van der Waals surface area contributed by atoms with E-state index < -0.39 is 34.5 Å². The molecule has 0 spiro atoms. The number of carboxylic acids is 2. The molecule has 0 aliphatic heterocycles. The zero-order valence-electron chi connectivity index (χ0n) is 18.7. The molecule has 0 saturated carbocycles. The molecule has 0 fully saturated rings. The highest BCUT2D eigenvalue weighted by molar-refractivity contribution is 9.10. The van der Waals surface area contributed by atoms with Crippen molar-refractivity contribution in [2.24, 2.45) is 0 Å². The normalized spacial score (nSPS) is 11.4. The molecule has 3 aromatic rings. The minimum atomic E-state index is -1.44. The summed E-state index contributed by atoms with van der Waals surface area (Å²) in [6, 6.07) is 14.1. The van der Waals surface area contributed by atoms with Gasteiger partial charge in [-0.25, -0.2) is 14.0 Å². The third kappa shape index (κ3) is 6.70.